The number of rotatable bonds is 7. The molecule has 6 heteroatoms. The zero-order valence-corrected chi connectivity index (χ0v) is 16.4. The van der Waals surface area contributed by atoms with Crippen LogP contribution in [0.5, 0.6) is 0 Å². The second-order valence-electron chi connectivity index (χ2n) is 7.21. The standard InChI is InChI=1S/C22H28N4O2/c1-2-24-21(27)19-8-3-6-17(12-19)14-25-22(28)20-9-5-11-26(16-20)15-18-7-4-10-23-13-18/h3-4,6-8,10,12-13,20H,2,5,9,11,14-16H2,1H3,(H,24,27)(H,25,28)/t20-/m0/s1. The maximum Gasteiger partial charge on any atom is 0.251 e. The normalized spacial score (nSPS) is 17.1. The summed E-state index contributed by atoms with van der Waals surface area (Å²) in [6.07, 6.45) is 5.58. The molecular formula is C22H28N4O2. The highest BCUT2D eigenvalue weighted by molar-refractivity contribution is 5.94. The Morgan fingerprint density at radius 3 is 2.82 bits per heavy atom. The fraction of sp³-hybridized carbons (Fsp3) is 0.409. The van der Waals surface area contributed by atoms with Gasteiger partial charge in [-0.05, 0) is 55.6 Å². The molecule has 6 nitrogen and oxygen atoms in total. The van der Waals surface area contributed by atoms with Crippen LogP contribution in [-0.4, -0.2) is 41.3 Å². The number of likely N-dealkylation sites (tertiary alicyclic amines) is 1. The first-order valence-electron chi connectivity index (χ1n) is 9.92. The third-order valence-electron chi connectivity index (χ3n) is 5.00. The number of hydrogen-bond donors (Lipinski definition) is 2. The van der Waals surface area contributed by atoms with E-state index in [2.05, 4.69) is 26.6 Å². The van der Waals surface area contributed by atoms with Crippen LogP contribution in [0.2, 0.25) is 0 Å². The number of pyridine rings is 1. The average Bonchev–Trinajstić information content (AvgIpc) is 2.73. The van der Waals surface area contributed by atoms with Crippen molar-refractivity contribution in [1.82, 2.24) is 20.5 Å². The van der Waals surface area contributed by atoms with Gasteiger partial charge in [-0.2, -0.15) is 0 Å². The van der Waals surface area contributed by atoms with E-state index in [4.69, 9.17) is 0 Å². The van der Waals surface area contributed by atoms with Crippen molar-refractivity contribution in [2.45, 2.75) is 32.9 Å². The number of nitrogens with one attached hydrogen (secondary N) is 2. The van der Waals surface area contributed by atoms with Crippen LogP contribution in [-0.2, 0) is 17.9 Å². The van der Waals surface area contributed by atoms with E-state index in [9.17, 15) is 9.59 Å². The van der Waals surface area contributed by atoms with Crippen molar-refractivity contribution in [1.29, 1.82) is 0 Å². The predicted octanol–water partition coefficient (Wildman–Crippen LogP) is 2.36. The van der Waals surface area contributed by atoms with Crippen LogP contribution in [0.15, 0.2) is 48.8 Å². The SMILES string of the molecule is CCNC(=O)c1cccc(CNC(=O)[C@H]2CCCN(Cc3cccnc3)C2)c1. The van der Waals surface area contributed by atoms with Gasteiger partial charge in [-0.15, -0.1) is 0 Å². The lowest BCUT2D eigenvalue weighted by atomic mass is 9.96. The van der Waals surface area contributed by atoms with Crippen LogP contribution in [0.1, 0.15) is 41.3 Å². The lowest BCUT2D eigenvalue weighted by Crippen LogP contribution is -2.42. The minimum atomic E-state index is -0.0889. The van der Waals surface area contributed by atoms with Gasteiger partial charge >= 0.3 is 0 Å². The Kier molecular flexibility index (Phi) is 7.14. The summed E-state index contributed by atoms with van der Waals surface area (Å²) in [5.41, 5.74) is 2.72. The van der Waals surface area contributed by atoms with Crippen molar-refractivity contribution in [3.05, 3.63) is 65.5 Å². The highest BCUT2D eigenvalue weighted by atomic mass is 16.2. The van der Waals surface area contributed by atoms with Crippen molar-refractivity contribution in [2.75, 3.05) is 19.6 Å². The number of nitrogens with zero attached hydrogens (tertiary/aromatic N) is 2. The maximum absolute atomic E-state index is 12.7. The van der Waals surface area contributed by atoms with Crippen molar-refractivity contribution >= 4 is 11.8 Å². The summed E-state index contributed by atoms with van der Waals surface area (Å²) in [6.45, 7) is 5.52. The molecule has 0 spiro atoms. The van der Waals surface area contributed by atoms with Gasteiger partial charge in [-0.25, -0.2) is 0 Å². The van der Waals surface area contributed by atoms with Crippen molar-refractivity contribution in [2.24, 2.45) is 5.92 Å². The summed E-state index contributed by atoms with van der Waals surface area (Å²) in [5, 5.41) is 5.84. The molecular weight excluding hydrogens is 352 g/mol. The van der Waals surface area contributed by atoms with Crippen LogP contribution in [0.3, 0.4) is 0 Å². The van der Waals surface area contributed by atoms with Crippen LogP contribution in [0.4, 0.5) is 0 Å². The fourth-order valence-electron chi connectivity index (χ4n) is 3.58. The second kappa shape index (κ2) is 9.99. The molecule has 0 aliphatic carbocycles. The maximum atomic E-state index is 12.7. The Morgan fingerprint density at radius 1 is 1.18 bits per heavy atom. The zero-order valence-electron chi connectivity index (χ0n) is 16.4. The van der Waals surface area contributed by atoms with Gasteiger partial charge in [-0.1, -0.05) is 18.2 Å². The Bertz CT molecular complexity index is 794. The summed E-state index contributed by atoms with van der Waals surface area (Å²) < 4.78 is 0. The zero-order chi connectivity index (χ0) is 19.8. The van der Waals surface area contributed by atoms with Crippen LogP contribution < -0.4 is 10.6 Å². The van der Waals surface area contributed by atoms with Gasteiger partial charge in [0.25, 0.3) is 5.91 Å². The smallest absolute Gasteiger partial charge is 0.251 e. The minimum absolute atomic E-state index is 0.00278. The van der Waals surface area contributed by atoms with Gasteiger partial charge in [0.15, 0.2) is 0 Å². The van der Waals surface area contributed by atoms with Gasteiger partial charge in [0.05, 0.1) is 5.92 Å². The Balaban J connectivity index is 1.52. The summed E-state index contributed by atoms with van der Waals surface area (Å²) in [7, 11) is 0. The molecule has 0 unspecified atom stereocenters. The topological polar surface area (TPSA) is 74.3 Å². The van der Waals surface area contributed by atoms with E-state index in [-0.39, 0.29) is 17.7 Å². The molecule has 1 aromatic carbocycles. The monoisotopic (exact) mass is 380 g/mol. The molecule has 1 fully saturated rings. The van der Waals surface area contributed by atoms with Crippen molar-refractivity contribution < 1.29 is 9.59 Å². The molecule has 1 aliphatic rings. The Morgan fingerprint density at radius 2 is 2.04 bits per heavy atom. The first-order chi connectivity index (χ1) is 13.7. The molecule has 1 aliphatic heterocycles. The first kappa shape index (κ1) is 20.0. The molecule has 2 aromatic rings. The van der Waals surface area contributed by atoms with E-state index in [0.717, 1.165) is 38.0 Å². The third kappa shape index (κ3) is 5.63. The van der Waals surface area contributed by atoms with Gasteiger partial charge in [0.2, 0.25) is 5.91 Å². The van der Waals surface area contributed by atoms with Gasteiger partial charge in [0, 0.05) is 44.1 Å². The molecule has 1 aromatic heterocycles. The first-order valence-corrected chi connectivity index (χ1v) is 9.92. The number of aromatic nitrogens is 1. The molecule has 0 saturated carbocycles. The molecule has 148 valence electrons. The number of benzene rings is 1. The van der Waals surface area contributed by atoms with Gasteiger partial charge in [0.1, 0.15) is 0 Å². The minimum Gasteiger partial charge on any atom is -0.352 e. The molecule has 0 bridgehead atoms. The predicted molar refractivity (Wildman–Crippen MR) is 109 cm³/mol. The molecule has 1 atom stereocenters. The van der Waals surface area contributed by atoms with E-state index < -0.39 is 0 Å². The summed E-state index contributed by atoms with van der Waals surface area (Å²) in [5.74, 6) is -0.00899. The number of piperidine rings is 1. The van der Waals surface area contributed by atoms with Gasteiger partial charge < -0.3 is 10.6 Å². The molecule has 2 heterocycles. The summed E-state index contributed by atoms with van der Waals surface area (Å²) in [6, 6.07) is 11.4. The molecule has 28 heavy (non-hydrogen) atoms. The van der Waals surface area contributed by atoms with Gasteiger partial charge in [-0.3, -0.25) is 19.5 Å². The Labute approximate surface area is 166 Å². The molecule has 2 N–H and O–H groups in total. The summed E-state index contributed by atoms with van der Waals surface area (Å²) in [4.78, 5) is 31.1. The van der Waals surface area contributed by atoms with Crippen LogP contribution >= 0.6 is 0 Å². The average molecular weight is 380 g/mol. The van der Waals surface area contributed by atoms with E-state index >= 15 is 0 Å². The molecule has 0 radical (unpaired) electrons. The largest absolute Gasteiger partial charge is 0.352 e. The number of hydrogen-bond acceptors (Lipinski definition) is 4. The van der Waals surface area contributed by atoms with E-state index in [1.807, 2.05) is 37.4 Å². The lowest BCUT2D eigenvalue weighted by molar-refractivity contribution is -0.126. The van der Waals surface area contributed by atoms with Crippen LogP contribution in [0.25, 0.3) is 0 Å². The highest BCUT2D eigenvalue weighted by Gasteiger charge is 2.25. The number of amides is 2. The summed E-state index contributed by atoms with van der Waals surface area (Å²) >= 11 is 0. The highest BCUT2D eigenvalue weighted by Crippen LogP contribution is 2.19. The van der Waals surface area contributed by atoms with Crippen molar-refractivity contribution in [3.63, 3.8) is 0 Å². The quantitative estimate of drug-likeness (QED) is 0.773. The fourth-order valence-corrected chi connectivity index (χ4v) is 3.58. The Hall–Kier alpha value is -2.73. The van der Waals surface area contributed by atoms with E-state index in [0.29, 0.717) is 18.7 Å². The second-order valence-corrected chi connectivity index (χ2v) is 7.21. The number of carbonyl (C=O) groups excluding carboxylic acids is 2. The number of carbonyl (C=O) groups is 2. The van der Waals surface area contributed by atoms with Crippen LogP contribution in [0, 0.1) is 5.92 Å². The van der Waals surface area contributed by atoms with E-state index in [1.165, 1.54) is 5.56 Å². The van der Waals surface area contributed by atoms with Crippen molar-refractivity contribution in [3.8, 4) is 0 Å². The van der Waals surface area contributed by atoms with E-state index in [1.54, 1.807) is 12.3 Å². The molecule has 1 saturated heterocycles. The molecule has 2 amide bonds. The molecule has 3 rings (SSSR count). The lowest BCUT2D eigenvalue weighted by Gasteiger charge is -2.32. The third-order valence-corrected chi connectivity index (χ3v) is 5.00.